The van der Waals surface area contributed by atoms with E-state index in [4.69, 9.17) is 0 Å². The van der Waals surface area contributed by atoms with E-state index in [0.29, 0.717) is 6.04 Å². The number of aryl methyl sites for hydroxylation is 2. The summed E-state index contributed by atoms with van der Waals surface area (Å²) in [5.41, 5.74) is 2.99. The first-order chi connectivity index (χ1) is 8.84. The second-order valence-corrected chi connectivity index (χ2v) is 4.95. The van der Waals surface area contributed by atoms with Crippen LogP contribution < -0.4 is 5.32 Å². The molecule has 1 aliphatic rings. The Labute approximate surface area is 108 Å². The number of fused-ring (bicyclic) bond motifs is 1. The number of rotatable bonds is 4. The summed E-state index contributed by atoms with van der Waals surface area (Å²) in [5.74, 6) is 1.15. The lowest BCUT2D eigenvalue weighted by atomic mass is 10.1. The molecule has 1 atom stereocenters. The molecule has 0 bridgehead atoms. The summed E-state index contributed by atoms with van der Waals surface area (Å²) < 4.78 is 2.09. The summed E-state index contributed by atoms with van der Waals surface area (Å²) in [4.78, 5) is 4.35. The van der Waals surface area contributed by atoms with Crippen LogP contribution in [0.2, 0.25) is 0 Å². The van der Waals surface area contributed by atoms with Crippen molar-refractivity contribution in [2.75, 3.05) is 6.54 Å². The monoisotopic (exact) mass is 241 g/mol. The van der Waals surface area contributed by atoms with Gasteiger partial charge in [0.2, 0.25) is 0 Å². The second-order valence-electron chi connectivity index (χ2n) is 4.95. The third-order valence-corrected chi connectivity index (χ3v) is 3.79. The molecule has 1 unspecified atom stereocenters. The lowest BCUT2D eigenvalue weighted by molar-refractivity contribution is 0.526. The number of aromatic nitrogens is 2. The fourth-order valence-electron chi connectivity index (χ4n) is 2.76. The van der Waals surface area contributed by atoms with E-state index >= 15 is 0 Å². The van der Waals surface area contributed by atoms with Gasteiger partial charge in [-0.1, -0.05) is 24.3 Å². The maximum absolute atomic E-state index is 4.35. The Bertz CT molecular complexity index is 530. The standard InChI is InChI=1S/C15H19N3/c1-18-11-10-17-15(18)8-9-16-14-7-6-12-4-2-3-5-13(12)14/h2-5,10-11,14,16H,6-9H2,1H3. The van der Waals surface area contributed by atoms with E-state index in [9.17, 15) is 0 Å². The number of benzene rings is 1. The van der Waals surface area contributed by atoms with Crippen LogP contribution in [0.5, 0.6) is 0 Å². The van der Waals surface area contributed by atoms with E-state index in [1.165, 1.54) is 24.0 Å². The van der Waals surface area contributed by atoms with Gasteiger partial charge in [-0.2, -0.15) is 0 Å². The first-order valence-electron chi connectivity index (χ1n) is 6.62. The van der Waals surface area contributed by atoms with Gasteiger partial charge in [-0.05, 0) is 24.0 Å². The molecule has 1 aromatic carbocycles. The van der Waals surface area contributed by atoms with Gasteiger partial charge in [-0.3, -0.25) is 0 Å². The highest BCUT2D eigenvalue weighted by atomic mass is 15.0. The first-order valence-corrected chi connectivity index (χ1v) is 6.62. The molecule has 0 saturated carbocycles. The molecule has 3 nitrogen and oxygen atoms in total. The highest BCUT2D eigenvalue weighted by Crippen LogP contribution is 2.30. The van der Waals surface area contributed by atoms with Crippen LogP contribution in [0, 0.1) is 0 Å². The average molecular weight is 241 g/mol. The molecule has 1 heterocycles. The van der Waals surface area contributed by atoms with Crippen molar-refractivity contribution >= 4 is 0 Å². The topological polar surface area (TPSA) is 29.9 Å². The molecule has 0 radical (unpaired) electrons. The van der Waals surface area contributed by atoms with Crippen molar-refractivity contribution in [3.63, 3.8) is 0 Å². The van der Waals surface area contributed by atoms with Crippen molar-refractivity contribution in [1.82, 2.24) is 14.9 Å². The predicted octanol–water partition coefficient (Wildman–Crippen LogP) is 2.24. The minimum absolute atomic E-state index is 0.529. The number of nitrogens with zero attached hydrogens (tertiary/aromatic N) is 2. The van der Waals surface area contributed by atoms with E-state index in [1.807, 2.05) is 19.4 Å². The minimum atomic E-state index is 0.529. The molecular weight excluding hydrogens is 222 g/mol. The molecule has 3 rings (SSSR count). The number of imidazole rings is 1. The summed E-state index contributed by atoms with van der Waals surface area (Å²) in [5, 5.41) is 3.65. The number of hydrogen-bond acceptors (Lipinski definition) is 2. The highest BCUT2D eigenvalue weighted by Gasteiger charge is 2.20. The Kier molecular flexibility index (Phi) is 3.15. The molecule has 0 fully saturated rings. The number of nitrogens with one attached hydrogen (secondary N) is 1. The molecule has 1 N–H and O–H groups in total. The Morgan fingerprint density at radius 2 is 2.28 bits per heavy atom. The minimum Gasteiger partial charge on any atom is -0.338 e. The van der Waals surface area contributed by atoms with Gasteiger partial charge in [-0.15, -0.1) is 0 Å². The van der Waals surface area contributed by atoms with Crippen molar-refractivity contribution in [3.05, 3.63) is 53.6 Å². The van der Waals surface area contributed by atoms with Crippen molar-refractivity contribution in [2.24, 2.45) is 7.05 Å². The zero-order valence-corrected chi connectivity index (χ0v) is 10.8. The zero-order chi connectivity index (χ0) is 12.4. The van der Waals surface area contributed by atoms with Crippen LogP contribution in [0.1, 0.15) is 29.4 Å². The Hall–Kier alpha value is -1.61. The van der Waals surface area contributed by atoms with Crippen molar-refractivity contribution in [2.45, 2.75) is 25.3 Å². The molecule has 94 valence electrons. The summed E-state index contributed by atoms with van der Waals surface area (Å²) in [7, 11) is 2.05. The van der Waals surface area contributed by atoms with Crippen LogP contribution >= 0.6 is 0 Å². The lowest BCUT2D eigenvalue weighted by Gasteiger charge is -2.13. The van der Waals surface area contributed by atoms with E-state index in [-0.39, 0.29) is 0 Å². The largest absolute Gasteiger partial charge is 0.338 e. The third kappa shape index (κ3) is 2.18. The van der Waals surface area contributed by atoms with Crippen LogP contribution in [0.4, 0.5) is 0 Å². The highest BCUT2D eigenvalue weighted by molar-refractivity contribution is 5.34. The molecule has 0 aliphatic heterocycles. The Balaban J connectivity index is 1.58. The van der Waals surface area contributed by atoms with E-state index in [2.05, 4.69) is 39.1 Å². The molecule has 0 spiro atoms. The molecular formula is C15H19N3. The van der Waals surface area contributed by atoms with Gasteiger partial charge in [-0.25, -0.2) is 4.98 Å². The molecule has 2 aromatic rings. The molecule has 18 heavy (non-hydrogen) atoms. The van der Waals surface area contributed by atoms with Gasteiger partial charge in [0.15, 0.2) is 0 Å². The lowest BCUT2D eigenvalue weighted by Crippen LogP contribution is -2.22. The smallest absolute Gasteiger partial charge is 0.109 e. The summed E-state index contributed by atoms with van der Waals surface area (Å²) in [6, 6.07) is 9.30. The maximum Gasteiger partial charge on any atom is 0.109 e. The van der Waals surface area contributed by atoms with Gasteiger partial charge in [0.1, 0.15) is 5.82 Å². The molecule has 0 saturated heterocycles. The number of hydrogen-bond donors (Lipinski definition) is 1. The maximum atomic E-state index is 4.35. The fraction of sp³-hybridized carbons (Fsp3) is 0.400. The molecule has 1 aliphatic carbocycles. The van der Waals surface area contributed by atoms with E-state index in [1.54, 1.807) is 0 Å². The third-order valence-electron chi connectivity index (χ3n) is 3.79. The van der Waals surface area contributed by atoms with Crippen LogP contribution in [0.25, 0.3) is 0 Å². The van der Waals surface area contributed by atoms with Crippen molar-refractivity contribution in [1.29, 1.82) is 0 Å². The van der Waals surface area contributed by atoms with Crippen molar-refractivity contribution < 1.29 is 0 Å². The predicted molar refractivity (Wildman–Crippen MR) is 72.4 cm³/mol. The van der Waals surface area contributed by atoms with Crippen LogP contribution in [0.3, 0.4) is 0 Å². The molecule has 1 aromatic heterocycles. The summed E-state index contributed by atoms with van der Waals surface area (Å²) in [6.45, 7) is 0.990. The Morgan fingerprint density at radius 3 is 3.11 bits per heavy atom. The van der Waals surface area contributed by atoms with Gasteiger partial charge < -0.3 is 9.88 Å². The second kappa shape index (κ2) is 4.94. The average Bonchev–Trinajstić information content (AvgIpc) is 2.97. The zero-order valence-electron chi connectivity index (χ0n) is 10.8. The summed E-state index contributed by atoms with van der Waals surface area (Å²) >= 11 is 0. The van der Waals surface area contributed by atoms with E-state index in [0.717, 1.165) is 18.8 Å². The molecule has 3 heteroatoms. The molecule has 0 amide bonds. The normalized spacial score (nSPS) is 17.9. The van der Waals surface area contributed by atoms with Gasteiger partial charge in [0.05, 0.1) is 0 Å². The SMILES string of the molecule is Cn1ccnc1CCNC1CCc2ccccc21. The van der Waals surface area contributed by atoms with Crippen LogP contribution in [-0.2, 0) is 19.9 Å². The van der Waals surface area contributed by atoms with Gasteiger partial charge in [0, 0.05) is 38.4 Å². The quantitative estimate of drug-likeness (QED) is 0.889. The summed E-state index contributed by atoms with van der Waals surface area (Å²) in [6.07, 6.45) is 7.28. The Morgan fingerprint density at radius 1 is 1.39 bits per heavy atom. The van der Waals surface area contributed by atoms with Gasteiger partial charge >= 0.3 is 0 Å². The van der Waals surface area contributed by atoms with Crippen LogP contribution in [-0.4, -0.2) is 16.1 Å². The van der Waals surface area contributed by atoms with Crippen molar-refractivity contribution in [3.8, 4) is 0 Å². The first kappa shape index (κ1) is 11.5. The van der Waals surface area contributed by atoms with E-state index < -0.39 is 0 Å². The van der Waals surface area contributed by atoms with Gasteiger partial charge in [0.25, 0.3) is 0 Å². The van der Waals surface area contributed by atoms with Crippen LogP contribution in [0.15, 0.2) is 36.7 Å². The fourth-order valence-corrected chi connectivity index (χ4v) is 2.76.